The first-order valence-corrected chi connectivity index (χ1v) is 9.07. The normalized spacial score (nSPS) is 32.3. The zero-order chi connectivity index (χ0) is 15.6. The molecule has 126 valence electrons. The van der Waals surface area contributed by atoms with E-state index in [1.165, 1.54) is 32.4 Å². The molecule has 0 saturated carbocycles. The van der Waals surface area contributed by atoms with Gasteiger partial charge in [-0.15, -0.1) is 0 Å². The van der Waals surface area contributed by atoms with Crippen LogP contribution in [0.1, 0.15) is 24.8 Å². The molecule has 0 spiro atoms. The zero-order valence-corrected chi connectivity index (χ0v) is 13.8. The summed E-state index contributed by atoms with van der Waals surface area (Å²) in [6.07, 6.45) is 4.19. The van der Waals surface area contributed by atoms with Gasteiger partial charge in [-0.3, -0.25) is 4.90 Å². The molecule has 3 aliphatic rings. The first-order chi connectivity index (χ1) is 11.3. The number of benzene rings is 1. The van der Waals surface area contributed by atoms with E-state index < -0.39 is 0 Å². The molecular formula is C19H27FN2O. The van der Waals surface area contributed by atoms with E-state index >= 15 is 0 Å². The topological polar surface area (TPSA) is 15.7 Å². The summed E-state index contributed by atoms with van der Waals surface area (Å²) in [5.41, 5.74) is 0.836. The summed E-state index contributed by atoms with van der Waals surface area (Å²) in [4.78, 5) is 5.05. The molecule has 23 heavy (non-hydrogen) atoms. The van der Waals surface area contributed by atoms with Crippen LogP contribution < -0.4 is 0 Å². The SMILES string of the molecule is Fc1ccccc1CN1C[C@H]2CN(CC3CCCO3)CC[C@H]2C1. The van der Waals surface area contributed by atoms with Gasteiger partial charge in [0.1, 0.15) is 5.82 Å². The summed E-state index contributed by atoms with van der Waals surface area (Å²) >= 11 is 0. The molecule has 3 aliphatic heterocycles. The Morgan fingerprint density at radius 3 is 2.70 bits per heavy atom. The van der Waals surface area contributed by atoms with Gasteiger partial charge in [-0.1, -0.05) is 18.2 Å². The van der Waals surface area contributed by atoms with Crippen molar-refractivity contribution < 1.29 is 9.13 Å². The molecule has 4 heteroatoms. The number of ether oxygens (including phenoxy) is 1. The maximum Gasteiger partial charge on any atom is 0.127 e. The molecule has 0 bridgehead atoms. The fraction of sp³-hybridized carbons (Fsp3) is 0.684. The molecule has 0 radical (unpaired) electrons. The summed E-state index contributed by atoms with van der Waals surface area (Å²) in [5.74, 6) is 1.47. The molecule has 1 aromatic rings. The summed E-state index contributed by atoms with van der Waals surface area (Å²) in [6, 6.07) is 7.19. The van der Waals surface area contributed by atoms with Gasteiger partial charge in [-0.2, -0.15) is 0 Å². The first kappa shape index (κ1) is 15.6. The first-order valence-electron chi connectivity index (χ1n) is 9.07. The van der Waals surface area contributed by atoms with E-state index in [9.17, 15) is 4.39 Å². The van der Waals surface area contributed by atoms with Crippen LogP contribution in [-0.4, -0.2) is 55.2 Å². The van der Waals surface area contributed by atoms with Gasteiger partial charge in [-0.25, -0.2) is 4.39 Å². The second-order valence-corrected chi connectivity index (χ2v) is 7.49. The Balaban J connectivity index is 1.31. The van der Waals surface area contributed by atoms with E-state index in [-0.39, 0.29) is 5.82 Å². The number of hydrogen-bond acceptors (Lipinski definition) is 3. The molecule has 3 heterocycles. The van der Waals surface area contributed by atoms with Crippen molar-refractivity contribution in [3.05, 3.63) is 35.6 Å². The molecule has 3 nitrogen and oxygen atoms in total. The largest absolute Gasteiger partial charge is 0.377 e. The van der Waals surface area contributed by atoms with E-state index in [1.54, 1.807) is 12.1 Å². The third-order valence-electron chi connectivity index (χ3n) is 5.80. The van der Waals surface area contributed by atoms with Crippen LogP contribution in [0.2, 0.25) is 0 Å². The van der Waals surface area contributed by atoms with Crippen molar-refractivity contribution in [2.75, 3.05) is 39.3 Å². The Bertz CT molecular complexity index is 532. The highest BCUT2D eigenvalue weighted by atomic mass is 19.1. The van der Waals surface area contributed by atoms with Crippen LogP contribution in [0, 0.1) is 17.7 Å². The summed E-state index contributed by atoms with van der Waals surface area (Å²) in [6.45, 7) is 7.45. The molecule has 4 rings (SSSR count). The van der Waals surface area contributed by atoms with Crippen molar-refractivity contribution in [1.82, 2.24) is 9.80 Å². The van der Waals surface area contributed by atoms with Gasteiger partial charge in [0.05, 0.1) is 6.10 Å². The maximum atomic E-state index is 13.9. The Labute approximate surface area is 138 Å². The predicted octanol–water partition coefficient (Wildman–Crippen LogP) is 2.76. The molecular weight excluding hydrogens is 291 g/mol. The molecule has 3 saturated heterocycles. The van der Waals surface area contributed by atoms with Crippen molar-refractivity contribution >= 4 is 0 Å². The third kappa shape index (κ3) is 3.59. The van der Waals surface area contributed by atoms with Crippen LogP contribution in [0.3, 0.4) is 0 Å². The highest BCUT2D eigenvalue weighted by Gasteiger charge is 2.37. The van der Waals surface area contributed by atoms with Gasteiger partial charge in [0.15, 0.2) is 0 Å². The summed E-state index contributed by atoms with van der Waals surface area (Å²) in [5, 5.41) is 0. The molecule has 0 N–H and O–H groups in total. The number of rotatable bonds is 4. The van der Waals surface area contributed by atoms with E-state index in [1.807, 2.05) is 12.1 Å². The minimum absolute atomic E-state index is 0.0672. The number of piperidine rings is 1. The summed E-state index contributed by atoms with van der Waals surface area (Å²) in [7, 11) is 0. The van der Waals surface area contributed by atoms with Gasteiger partial charge in [-0.05, 0) is 43.7 Å². The number of nitrogens with zero attached hydrogens (tertiary/aromatic N) is 2. The lowest BCUT2D eigenvalue weighted by atomic mass is 9.88. The average molecular weight is 318 g/mol. The molecule has 0 aliphatic carbocycles. The third-order valence-corrected chi connectivity index (χ3v) is 5.80. The Morgan fingerprint density at radius 2 is 1.87 bits per heavy atom. The second-order valence-electron chi connectivity index (χ2n) is 7.49. The van der Waals surface area contributed by atoms with Crippen molar-refractivity contribution in [3.63, 3.8) is 0 Å². The van der Waals surface area contributed by atoms with E-state index in [2.05, 4.69) is 9.80 Å². The molecule has 0 aromatic heterocycles. The lowest BCUT2D eigenvalue weighted by molar-refractivity contribution is 0.0507. The number of halogens is 1. The van der Waals surface area contributed by atoms with Gasteiger partial charge in [0.25, 0.3) is 0 Å². The predicted molar refractivity (Wildman–Crippen MR) is 88.7 cm³/mol. The van der Waals surface area contributed by atoms with Crippen LogP contribution in [0.25, 0.3) is 0 Å². The minimum Gasteiger partial charge on any atom is -0.377 e. The number of likely N-dealkylation sites (tertiary alicyclic amines) is 2. The monoisotopic (exact) mass is 318 g/mol. The zero-order valence-electron chi connectivity index (χ0n) is 13.8. The minimum atomic E-state index is -0.0672. The van der Waals surface area contributed by atoms with E-state index in [0.717, 1.165) is 50.2 Å². The van der Waals surface area contributed by atoms with E-state index in [4.69, 9.17) is 4.74 Å². The number of fused-ring (bicyclic) bond motifs is 1. The molecule has 1 unspecified atom stereocenters. The van der Waals surface area contributed by atoms with Crippen LogP contribution in [0.4, 0.5) is 4.39 Å². The van der Waals surface area contributed by atoms with Crippen LogP contribution in [0.5, 0.6) is 0 Å². The highest BCUT2D eigenvalue weighted by molar-refractivity contribution is 5.17. The second kappa shape index (κ2) is 6.88. The van der Waals surface area contributed by atoms with Crippen molar-refractivity contribution in [1.29, 1.82) is 0 Å². The lowest BCUT2D eigenvalue weighted by Gasteiger charge is -2.35. The van der Waals surface area contributed by atoms with E-state index in [0.29, 0.717) is 6.10 Å². The smallest absolute Gasteiger partial charge is 0.127 e. The van der Waals surface area contributed by atoms with Crippen molar-refractivity contribution in [3.8, 4) is 0 Å². The molecule has 3 fully saturated rings. The van der Waals surface area contributed by atoms with Gasteiger partial charge in [0.2, 0.25) is 0 Å². The van der Waals surface area contributed by atoms with Crippen molar-refractivity contribution in [2.45, 2.75) is 31.9 Å². The molecule has 3 atom stereocenters. The van der Waals surface area contributed by atoms with Crippen LogP contribution in [-0.2, 0) is 11.3 Å². The molecule has 0 amide bonds. The Kier molecular flexibility index (Phi) is 4.65. The van der Waals surface area contributed by atoms with Gasteiger partial charge in [0, 0.05) is 44.9 Å². The quantitative estimate of drug-likeness (QED) is 0.849. The fourth-order valence-corrected chi connectivity index (χ4v) is 4.58. The number of hydrogen-bond donors (Lipinski definition) is 0. The van der Waals surface area contributed by atoms with Crippen LogP contribution >= 0.6 is 0 Å². The standard InChI is InChI=1S/C19H27FN2O/c20-19-6-2-1-4-16(19)11-22-10-15-7-8-21(12-17(15)13-22)14-18-5-3-9-23-18/h1-2,4,6,15,17-18H,3,5,7-14H2/t15-,17+,18?/m0/s1. The van der Waals surface area contributed by atoms with Gasteiger partial charge < -0.3 is 9.64 Å². The van der Waals surface area contributed by atoms with Crippen molar-refractivity contribution in [2.24, 2.45) is 11.8 Å². The van der Waals surface area contributed by atoms with Gasteiger partial charge >= 0.3 is 0 Å². The Hall–Kier alpha value is -0.970. The maximum absolute atomic E-state index is 13.9. The lowest BCUT2D eigenvalue weighted by Crippen LogP contribution is -2.43. The highest BCUT2D eigenvalue weighted by Crippen LogP contribution is 2.32. The fourth-order valence-electron chi connectivity index (χ4n) is 4.58. The Morgan fingerprint density at radius 1 is 1.04 bits per heavy atom. The molecule has 1 aromatic carbocycles. The average Bonchev–Trinajstić information content (AvgIpc) is 3.18. The van der Waals surface area contributed by atoms with Crippen LogP contribution in [0.15, 0.2) is 24.3 Å². The summed E-state index contributed by atoms with van der Waals surface area (Å²) < 4.78 is 19.6.